The molecule has 0 bridgehead atoms. The largest absolute Gasteiger partial charge is 0.416 e. The Morgan fingerprint density at radius 1 is 1.27 bits per heavy atom. The van der Waals surface area contributed by atoms with Crippen LogP contribution in [0.25, 0.3) is 10.9 Å². The zero-order valence-electron chi connectivity index (χ0n) is 8.26. The van der Waals surface area contributed by atoms with Gasteiger partial charge in [-0.3, -0.25) is 4.68 Å². The molecule has 0 atom stereocenters. The Morgan fingerprint density at radius 3 is 2.53 bits per heavy atom. The Hall–Kier alpha value is -1.52. The van der Waals surface area contributed by atoms with Crippen LogP contribution >= 0.6 is 0 Å². The van der Waals surface area contributed by atoms with Crippen LogP contribution in [0, 0.1) is 6.92 Å². The Bertz CT molecular complexity index is 511. The third kappa shape index (κ3) is 1.58. The molecule has 0 amide bonds. The molecule has 0 aliphatic heterocycles. The van der Waals surface area contributed by atoms with Gasteiger partial charge in [0.05, 0.1) is 11.1 Å². The standard InChI is InChI=1S/C10H9F3N2/c1-6-8-4-3-7(10(11,12)13)5-9(8)14-15(6)2/h3-5H,1-2H3. The Balaban J connectivity index is 2.67. The molecular weight excluding hydrogens is 205 g/mol. The van der Waals surface area contributed by atoms with Gasteiger partial charge in [0.15, 0.2) is 0 Å². The summed E-state index contributed by atoms with van der Waals surface area (Å²) >= 11 is 0. The second-order valence-corrected chi connectivity index (χ2v) is 3.44. The molecule has 0 unspecified atom stereocenters. The van der Waals surface area contributed by atoms with E-state index < -0.39 is 11.7 Å². The van der Waals surface area contributed by atoms with E-state index in [-0.39, 0.29) is 0 Å². The molecule has 1 aromatic heterocycles. The van der Waals surface area contributed by atoms with E-state index in [1.165, 1.54) is 6.07 Å². The molecule has 2 aromatic rings. The monoisotopic (exact) mass is 214 g/mol. The first-order chi connectivity index (χ1) is 6.89. The van der Waals surface area contributed by atoms with Crippen LogP contribution in [0.3, 0.4) is 0 Å². The molecule has 80 valence electrons. The number of benzene rings is 1. The van der Waals surface area contributed by atoms with Gasteiger partial charge < -0.3 is 0 Å². The molecule has 1 heterocycles. The Morgan fingerprint density at radius 2 is 1.93 bits per heavy atom. The zero-order chi connectivity index (χ0) is 11.2. The fourth-order valence-electron chi connectivity index (χ4n) is 1.51. The molecule has 0 aliphatic carbocycles. The van der Waals surface area contributed by atoms with Crippen LogP contribution in [0.1, 0.15) is 11.3 Å². The maximum Gasteiger partial charge on any atom is 0.416 e. The predicted molar refractivity (Wildman–Crippen MR) is 50.5 cm³/mol. The lowest BCUT2D eigenvalue weighted by atomic mass is 10.1. The minimum atomic E-state index is -4.31. The average molecular weight is 214 g/mol. The molecule has 0 N–H and O–H groups in total. The topological polar surface area (TPSA) is 17.8 Å². The molecule has 15 heavy (non-hydrogen) atoms. The normalized spacial score (nSPS) is 12.3. The number of halogens is 3. The first kappa shape index (κ1) is 10.0. The van der Waals surface area contributed by atoms with Crippen LogP contribution < -0.4 is 0 Å². The average Bonchev–Trinajstić information content (AvgIpc) is 2.41. The molecule has 0 spiro atoms. The van der Waals surface area contributed by atoms with Crippen LogP contribution in [0.2, 0.25) is 0 Å². The Labute approximate surface area is 84.3 Å². The van der Waals surface area contributed by atoms with Crippen LogP contribution in [-0.2, 0) is 13.2 Å². The number of hydrogen-bond donors (Lipinski definition) is 0. The molecule has 0 radical (unpaired) electrons. The van der Waals surface area contributed by atoms with Crippen molar-refractivity contribution in [3.63, 3.8) is 0 Å². The summed E-state index contributed by atoms with van der Waals surface area (Å²) in [5.41, 5.74) is 0.580. The van der Waals surface area contributed by atoms with Crippen molar-refractivity contribution in [2.75, 3.05) is 0 Å². The molecule has 0 fully saturated rings. The SMILES string of the molecule is Cc1c2ccc(C(F)(F)F)cc2nn1C. The highest BCUT2D eigenvalue weighted by atomic mass is 19.4. The number of aromatic nitrogens is 2. The van der Waals surface area contributed by atoms with E-state index in [0.717, 1.165) is 23.2 Å². The summed E-state index contributed by atoms with van der Waals surface area (Å²) in [6.07, 6.45) is -4.31. The third-order valence-electron chi connectivity index (χ3n) is 2.46. The fraction of sp³-hybridized carbons (Fsp3) is 0.300. The summed E-state index contributed by atoms with van der Waals surface area (Å²) in [4.78, 5) is 0. The van der Waals surface area contributed by atoms with Crippen molar-refractivity contribution in [1.29, 1.82) is 0 Å². The van der Waals surface area contributed by atoms with E-state index in [1.807, 2.05) is 6.92 Å². The van der Waals surface area contributed by atoms with Gasteiger partial charge in [0.2, 0.25) is 0 Å². The summed E-state index contributed by atoms with van der Waals surface area (Å²) < 4.78 is 38.7. The minimum Gasteiger partial charge on any atom is -0.272 e. The molecule has 5 heteroatoms. The maximum absolute atomic E-state index is 12.4. The molecule has 0 saturated carbocycles. The Kier molecular flexibility index (Phi) is 1.99. The van der Waals surface area contributed by atoms with Crippen LogP contribution in [0.4, 0.5) is 13.2 Å². The molecule has 2 nitrogen and oxygen atoms in total. The summed E-state index contributed by atoms with van der Waals surface area (Å²) in [6, 6.07) is 3.61. The van der Waals surface area contributed by atoms with Gasteiger partial charge in [-0.2, -0.15) is 18.3 Å². The first-order valence-corrected chi connectivity index (χ1v) is 4.40. The summed E-state index contributed by atoms with van der Waals surface area (Å²) in [5, 5.41) is 4.76. The van der Waals surface area contributed by atoms with Crippen molar-refractivity contribution < 1.29 is 13.2 Å². The van der Waals surface area contributed by atoms with Crippen LogP contribution in [0.5, 0.6) is 0 Å². The van der Waals surface area contributed by atoms with Crippen LogP contribution in [0.15, 0.2) is 18.2 Å². The highest BCUT2D eigenvalue weighted by molar-refractivity contribution is 5.82. The molecule has 1 aromatic carbocycles. The quantitative estimate of drug-likeness (QED) is 0.659. The van der Waals surface area contributed by atoms with Gasteiger partial charge in [0.25, 0.3) is 0 Å². The number of aryl methyl sites for hydroxylation is 2. The van der Waals surface area contributed by atoms with Gasteiger partial charge in [-0.25, -0.2) is 0 Å². The van der Waals surface area contributed by atoms with E-state index >= 15 is 0 Å². The molecule has 0 aliphatic rings. The van der Waals surface area contributed by atoms with Crippen molar-refractivity contribution in [3.8, 4) is 0 Å². The summed E-state index contributed by atoms with van der Waals surface area (Å²) in [6.45, 7) is 1.82. The highest BCUT2D eigenvalue weighted by Crippen LogP contribution is 2.31. The highest BCUT2D eigenvalue weighted by Gasteiger charge is 2.30. The third-order valence-corrected chi connectivity index (χ3v) is 2.46. The second kappa shape index (κ2) is 2.98. The first-order valence-electron chi connectivity index (χ1n) is 4.40. The number of alkyl halides is 3. The van der Waals surface area contributed by atoms with E-state index in [4.69, 9.17) is 0 Å². The van der Waals surface area contributed by atoms with Gasteiger partial charge in [0, 0.05) is 18.1 Å². The van der Waals surface area contributed by atoms with E-state index in [1.54, 1.807) is 11.7 Å². The lowest BCUT2D eigenvalue weighted by Crippen LogP contribution is -2.04. The molecular formula is C10H9F3N2. The number of nitrogens with zero attached hydrogens (tertiary/aromatic N) is 2. The predicted octanol–water partition coefficient (Wildman–Crippen LogP) is 2.90. The van der Waals surface area contributed by atoms with E-state index in [2.05, 4.69) is 5.10 Å². The van der Waals surface area contributed by atoms with Crippen molar-refractivity contribution in [3.05, 3.63) is 29.5 Å². The van der Waals surface area contributed by atoms with Crippen LogP contribution in [-0.4, -0.2) is 9.78 Å². The van der Waals surface area contributed by atoms with Gasteiger partial charge >= 0.3 is 6.18 Å². The number of hydrogen-bond acceptors (Lipinski definition) is 1. The maximum atomic E-state index is 12.4. The van der Waals surface area contributed by atoms with Crippen molar-refractivity contribution in [2.24, 2.45) is 7.05 Å². The minimum absolute atomic E-state index is 0.379. The molecule has 2 rings (SSSR count). The van der Waals surface area contributed by atoms with Crippen molar-refractivity contribution >= 4 is 10.9 Å². The van der Waals surface area contributed by atoms with Gasteiger partial charge in [-0.15, -0.1) is 0 Å². The lowest BCUT2D eigenvalue weighted by molar-refractivity contribution is -0.137. The molecule has 0 saturated heterocycles. The van der Waals surface area contributed by atoms with Gasteiger partial charge in [0.1, 0.15) is 0 Å². The van der Waals surface area contributed by atoms with Gasteiger partial charge in [-0.1, -0.05) is 6.07 Å². The van der Waals surface area contributed by atoms with Gasteiger partial charge in [-0.05, 0) is 19.1 Å². The van der Waals surface area contributed by atoms with Crippen molar-refractivity contribution in [2.45, 2.75) is 13.1 Å². The smallest absolute Gasteiger partial charge is 0.272 e. The lowest BCUT2D eigenvalue weighted by Gasteiger charge is -2.05. The number of rotatable bonds is 0. The zero-order valence-corrected chi connectivity index (χ0v) is 8.26. The second-order valence-electron chi connectivity index (χ2n) is 3.44. The van der Waals surface area contributed by atoms with E-state index in [9.17, 15) is 13.2 Å². The van der Waals surface area contributed by atoms with E-state index in [0.29, 0.717) is 5.52 Å². The fourth-order valence-corrected chi connectivity index (χ4v) is 1.51. The summed E-state index contributed by atoms with van der Waals surface area (Å²) in [5.74, 6) is 0. The van der Waals surface area contributed by atoms with Crippen molar-refractivity contribution in [1.82, 2.24) is 9.78 Å². The number of fused-ring (bicyclic) bond motifs is 1. The summed E-state index contributed by atoms with van der Waals surface area (Å²) in [7, 11) is 1.71.